The number of benzene rings is 1. The minimum Gasteiger partial charge on any atom is -0.468 e. The molecule has 2 atom stereocenters. The van der Waals surface area contributed by atoms with Gasteiger partial charge in [-0.3, -0.25) is 19.2 Å². The number of terminal acetylenes is 1. The summed E-state index contributed by atoms with van der Waals surface area (Å²) >= 11 is 0. The number of nitrogens with zero attached hydrogens (tertiary/aromatic N) is 1. The molecule has 0 radical (unpaired) electrons. The van der Waals surface area contributed by atoms with Crippen LogP contribution in [0.4, 0.5) is 4.79 Å². The zero-order chi connectivity index (χ0) is 28.6. The second kappa shape index (κ2) is 12.8. The second-order valence-electron chi connectivity index (χ2n) is 10.2. The van der Waals surface area contributed by atoms with Crippen LogP contribution in [0, 0.1) is 12.3 Å². The summed E-state index contributed by atoms with van der Waals surface area (Å²) in [6.45, 7) is 9.51. The third-order valence-corrected chi connectivity index (χ3v) is 4.89. The molecule has 37 heavy (non-hydrogen) atoms. The maximum Gasteiger partial charge on any atom is 0.408 e. The Kier molecular flexibility index (Phi) is 10.7. The molecule has 0 heterocycles. The monoisotopic (exact) mass is 516 g/mol. The van der Waals surface area contributed by atoms with Crippen molar-refractivity contribution in [1.82, 2.24) is 15.5 Å². The zero-order valence-electron chi connectivity index (χ0n) is 22.3. The van der Waals surface area contributed by atoms with Crippen LogP contribution in [0.3, 0.4) is 0 Å². The van der Waals surface area contributed by atoms with Gasteiger partial charge in [0.15, 0.2) is 0 Å². The molecule has 1 aromatic rings. The molecule has 2 unspecified atom stereocenters. The summed E-state index contributed by atoms with van der Waals surface area (Å²) in [6, 6.07) is 3.64. The molecule has 0 aliphatic heterocycles. The highest BCUT2D eigenvalue weighted by atomic mass is 16.6. The van der Waals surface area contributed by atoms with E-state index in [0.29, 0.717) is 11.1 Å². The van der Waals surface area contributed by atoms with E-state index in [1.165, 1.54) is 12.0 Å². The maximum atomic E-state index is 13.9. The summed E-state index contributed by atoms with van der Waals surface area (Å²) in [6.07, 6.45) is 3.96. The molecule has 0 fully saturated rings. The molecule has 4 N–H and O–H groups in total. The second-order valence-corrected chi connectivity index (χ2v) is 10.2. The van der Waals surface area contributed by atoms with Crippen molar-refractivity contribution in [1.29, 1.82) is 0 Å². The maximum absolute atomic E-state index is 13.9. The van der Waals surface area contributed by atoms with Crippen LogP contribution in [0.1, 0.15) is 65.1 Å². The Balaban J connectivity index is 3.59. The van der Waals surface area contributed by atoms with Crippen molar-refractivity contribution < 1.29 is 33.4 Å². The van der Waals surface area contributed by atoms with E-state index in [0.717, 1.165) is 0 Å². The lowest BCUT2D eigenvalue weighted by molar-refractivity contribution is -0.150. The van der Waals surface area contributed by atoms with E-state index in [9.17, 15) is 24.0 Å². The predicted octanol–water partition coefficient (Wildman–Crippen LogP) is 1.39. The molecule has 0 saturated heterocycles. The van der Waals surface area contributed by atoms with Crippen LogP contribution >= 0.6 is 0 Å². The normalized spacial score (nSPS) is 12.8. The molecule has 0 aliphatic carbocycles. The van der Waals surface area contributed by atoms with Crippen molar-refractivity contribution in [3.05, 3.63) is 35.4 Å². The average molecular weight is 517 g/mol. The first-order valence-electron chi connectivity index (χ1n) is 11.5. The number of ether oxygens (including phenoxy) is 2. The lowest BCUT2D eigenvalue weighted by Crippen LogP contribution is -2.59. The number of primary amides is 1. The number of hydrogen-bond acceptors (Lipinski definition) is 7. The number of rotatable bonds is 9. The first kappa shape index (κ1) is 31.0. The molecule has 1 rings (SSSR count). The summed E-state index contributed by atoms with van der Waals surface area (Å²) in [5.74, 6) is -0.533. The zero-order valence-corrected chi connectivity index (χ0v) is 22.3. The van der Waals surface area contributed by atoms with Gasteiger partial charge in [0.25, 0.3) is 0 Å². The largest absolute Gasteiger partial charge is 0.468 e. The fraction of sp³-hybridized carbons (Fsp3) is 0.500. The molecular formula is C26H36N4O7. The number of hydrogen-bond donors (Lipinski definition) is 3. The summed E-state index contributed by atoms with van der Waals surface area (Å²) in [7, 11) is 1.17. The topological polar surface area (TPSA) is 157 Å². The Bertz CT molecular complexity index is 1050. The molecule has 11 heteroatoms. The highest BCUT2D eigenvalue weighted by Crippen LogP contribution is 2.30. The third kappa shape index (κ3) is 9.83. The van der Waals surface area contributed by atoms with E-state index >= 15 is 0 Å². The quantitative estimate of drug-likeness (QED) is 0.331. The van der Waals surface area contributed by atoms with Gasteiger partial charge in [0, 0.05) is 11.1 Å². The van der Waals surface area contributed by atoms with Crippen molar-refractivity contribution in [2.75, 3.05) is 13.7 Å². The van der Waals surface area contributed by atoms with Crippen LogP contribution in [-0.2, 0) is 28.7 Å². The lowest BCUT2D eigenvalue weighted by Gasteiger charge is -2.43. The van der Waals surface area contributed by atoms with Crippen molar-refractivity contribution in [2.45, 2.75) is 71.2 Å². The van der Waals surface area contributed by atoms with Gasteiger partial charge >= 0.3 is 12.1 Å². The van der Waals surface area contributed by atoms with Gasteiger partial charge < -0.3 is 30.7 Å². The Morgan fingerprint density at radius 3 is 2.05 bits per heavy atom. The van der Waals surface area contributed by atoms with Crippen LogP contribution < -0.4 is 16.4 Å². The first-order chi connectivity index (χ1) is 17.0. The van der Waals surface area contributed by atoms with Crippen LogP contribution in [0.2, 0.25) is 0 Å². The fourth-order valence-corrected chi connectivity index (χ4v) is 3.37. The van der Waals surface area contributed by atoms with Crippen LogP contribution in [-0.4, -0.2) is 65.5 Å². The number of methoxy groups -OCH3 is 1. The van der Waals surface area contributed by atoms with E-state index < -0.39 is 66.0 Å². The van der Waals surface area contributed by atoms with E-state index in [4.69, 9.17) is 16.9 Å². The van der Waals surface area contributed by atoms with Gasteiger partial charge in [-0.1, -0.05) is 18.1 Å². The van der Waals surface area contributed by atoms with E-state index in [-0.39, 0.29) is 0 Å². The van der Waals surface area contributed by atoms with Crippen molar-refractivity contribution in [2.24, 2.45) is 5.73 Å². The smallest absolute Gasteiger partial charge is 0.408 e. The Labute approximate surface area is 217 Å². The van der Waals surface area contributed by atoms with Crippen molar-refractivity contribution in [3.63, 3.8) is 0 Å². The molecule has 4 amide bonds. The van der Waals surface area contributed by atoms with Crippen LogP contribution in [0.5, 0.6) is 0 Å². The van der Waals surface area contributed by atoms with Gasteiger partial charge in [-0.25, -0.2) is 4.79 Å². The highest BCUT2D eigenvalue weighted by Gasteiger charge is 2.42. The van der Waals surface area contributed by atoms with E-state index in [2.05, 4.69) is 21.3 Å². The van der Waals surface area contributed by atoms with Gasteiger partial charge in [0.1, 0.15) is 24.2 Å². The first-order valence-corrected chi connectivity index (χ1v) is 11.5. The fourth-order valence-electron chi connectivity index (χ4n) is 3.37. The number of carbonyl (C=O) groups excluding carboxylic acids is 5. The average Bonchev–Trinajstić information content (AvgIpc) is 2.77. The predicted molar refractivity (Wildman–Crippen MR) is 136 cm³/mol. The van der Waals surface area contributed by atoms with Crippen molar-refractivity contribution >= 4 is 29.8 Å². The minimum absolute atomic E-state index is 0.375. The van der Waals surface area contributed by atoms with E-state index in [1.807, 2.05) is 0 Å². The molecule has 0 spiro atoms. The number of nitrogens with one attached hydrogen (secondary N) is 2. The van der Waals surface area contributed by atoms with Crippen LogP contribution in [0.25, 0.3) is 0 Å². The molecule has 11 nitrogen and oxygen atoms in total. The molecule has 0 aromatic heterocycles. The number of amides is 4. The van der Waals surface area contributed by atoms with Gasteiger partial charge in [-0.15, -0.1) is 6.42 Å². The van der Waals surface area contributed by atoms with Gasteiger partial charge in [0.2, 0.25) is 17.7 Å². The van der Waals surface area contributed by atoms with Gasteiger partial charge in [0.05, 0.1) is 13.5 Å². The molecular weight excluding hydrogens is 480 g/mol. The Hall–Kier alpha value is -4.07. The molecule has 1 aromatic carbocycles. The number of esters is 1. The van der Waals surface area contributed by atoms with Gasteiger partial charge in [-0.2, -0.15) is 0 Å². The SMILES string of the molecule is C#Cc1ccc(C(C(=O)NCC(=O)OC)N(C(=O)C(CC(N)=O)NC(=O)OC(C)(C)C)C(C)(C)C)cc1. The molecule has 0 aliphatic rings. The summed E-state index contributed by atoms with van der Waals surface area (Å²) in [5, 5.41) is 4.86. The summed E-state index contributed by atoms with van der Waals surface area (Å²) in [5.41, 5.74) is 4.40. The van der Waals surface area contributed by atoms with E-state index in [1.54, 1.807) is 65.8 Å². The third-order valence-electron chi connectivity index (χ3n) is 4.89. The number of carbonyl (C=O) groups is 5. The number of nitrogens with two attached hydrogens (primary N) is 1. The lowest BCUT2D eigenvalue weighted by atomic mass is 9.94. The van der Waals surface area contributed by atoms with Gasteiger partial charge in [-0.05, 0) is 59.2 Å². The summed E-state index contributed by atoms with van der Waals surface area (Å²) < 4.78 is 9.83. The summed E-state index contributed by atoms with van der Waals surface area (Å²) in [4.78, 5) is 64.5. The standard InChI is InChI=1S/C26H36N4O7/c1-9-16-10-12-17(13-11-16)21(22(33)28-15-20(32)36-8)30(25(2,3)4)23(34)18(14-19(27)31)29-24(35)37-26(5,6)7/h1,10-13,18,21H,14-15H2,2-8H3,(H2,27,31)(H,28,33)(H,29,35). The Morgan fingerprint density at radius 2 is 1.62 bits per heavy atom. The Morgan fingerprint density at radius 1 is 1.05 bits per heavy atom. The van der Waals surface area contributed by atoms with Crippen molar-refractivity contribution in [3.8, 4) is 12.3 Å². The molecule has 0 saturated carbocycles. The highest BCUT2D eigenvalue weighted by molar-refractivity contribution is 5.95. The minimum atomic E-state index is -1.44. The molecule has 202 valence electrons. The number of alkyl carbamates (subject to hydrolysis) is 1. The molecule has 0 bridgehead atoms. The van der Waals surface area contributed by atoms with Crippen LogP contribution in [0.15, 0.2) is 24.3 Å².